The molecule has 0 amide bonds. The summed E-state index contributed by atoms with van der Waals surface area (Å²) >= 11 is 0. The van der Waals surface area contributed by atoms with Crippen LogP contribution in [0.25, 0.3) is 0 Å². The predicted octanol–water partition coefficient (Wildman–Crippen LogP) is 0.916. The molecule has 0 aromatic carbocycles. The van der Waals surface area contributed by atoms with Crippen molar-refractivity contribution in [2.24, 2.45) is 5.73 Å². The molecule has 3 N–H and O–H groups in total. The molecule has 1 unspecified atom stereocenters. The smallest absolute Gasteiger partial charge is 0.0741 e. The largest absolute Gasteiger partial charge is 0.389 e. The third-order valence-corrected chi connectivity index (χ3v) is 1.35. The monoisotopic (exact) mass is 153 g/mol. The van der Waals surface area contributed by atoms with Crippen molar-refractivity contribution in [2.45, 2.75) is 38.8 Å². The highest BCUT2D eigenvalue weighted by Gasteiger charge is 2.19. The first-order valence-electron chi connectivity index (χ1n) is 2.96. The number of hydrogen-bond acceptors (Lipinski definition) is 2. The molecule has 0 aromatic heterocycles. The summed E-state index contributed by atoms with van der Waals surface area (Å²) in [7, 11) is 0. The molecule has 0 aliphatic carbocycles. The van der Waals surface area contributed by atoms with E-state index in [0.717, 1.165) is 6.42 Å². The molecule has 0 fully saturated rings. The molecule has 3 heteroatoms. The first-order valence-corrected chi connectivity index (χ1v) is 2.96. The van der Waals surface area contributed by atoms with Crippen LogP contribution in [0, 0.1) is 0 Å². The molecule has 9 heavy (non-hydrogen) atoms. The van der Waals surface area contributed by atoms with Gasteiger partial charge in [0.05, 0.1) is 5.60 Å². The van der Waals surface area contributed by atoms with Crippen LogP contribution in [0.15, 0.2) is 0 Å². The van der Waals surface area contributed by atoms with E-state index >= 15 is 0 Å². The van der Waals surface area contributed by atoms with Crippen molar-refractivity contribution in [1.82, 2.24) is 0 Å². The second-order valence-electron chi connectivity index (χ2n) is 2.67. The van der Waals surface area contributed by atoms with Crippen LogP contribution in [0.5, 0.6) is 0 Å². The van der Waals surface area contributed by atoms with Crippen LogP contribution in [0.3, 0.4) is 0 Å². The summed E-state index contributed by atoms with van der Waals surface area (Å²) in [6.45, 7) is 5.41. The van der Waals surface area contributed by atoms with Crippen LogP contribution in [-0.2, 0) is 0 Å². The number of nitrogens with two attached hydrogens (primary N) is 1. The fraction of sp³-hybridized carbons (Fsp3) is 1.00. The van der Waals surface area contributed by atoms with Crippen molar-refractivity contribution in [3.8, 4) is 0 Å². The lowest BCUT2D eigenvalue weighted by molar-refractivity contribution is 0.0508. The zero-order valence-electron chi connectivity index (χ0n) is 6.22. The summed E-state index contributed by atoms with van der Waals surface area (Å²) < 4.78 is 0. The lowest BCUT2D eigenvalue weighted by Crippen LogP contribution is -2.42. The van der Waals surface area contributed by atoms with E-state index in [-0.39, 0.29) is 18.4 Å². The van der Waals surface area contributed by atoms with Gasteiger partial charge in [0.25, 0.3) is 0 Å². The molecule has 0 bridgehead atoms. The Kier molecular flexibility index (Phi) is 5.43. The highest BCUT2D eigenvalue weighted by atomic mass is 35.5. The summed E-state index contributed by atoms with van der Waals surface area (Å²) in [6.07, 6.45) is 0.823. The van der Waals surface area contributed by atoms with Gasteiger partial charge in [0.15, 0.2) is 0 Å². The van der Waals surface area contributed by atoms with E-state index in [1.165, 1.54) is 0 Å². The second kappa shape index (κ2) is 4.09. The van der Waals surface area contributed by atoms with Crippen LogP contribution >= 0.6 is 12.4 Å². The van der Waals surface area contributed by atoms with Crippen molar-refractivity contribution >= 4 is 12.4 Å². The predicted molar refractivity (Wildman–Crippen MR) is 41.8 cm³/mol. The van der Waals surface area contributed by atoms with Gasteiger partial charge in [0.1, 0.15) is 0 Å². The lowest BCUT2D eigenvalue weighted by atomic mass is 9.98. The topological polar surface area (TPSA) is 46.2 Å². The van der Waals surface area contributed by atoms with Gasteiger partial charge >= 0.3 is 0 Å². The molecule has 0 spiro atoms. The zero-order valence-corrected chi connectivity index (χ0v) is 7.03. The Morgan fingerprint density at radius 3 is 1.89 bits per heavy atom. The molecule has 0 saturated carbocycles. The Bertz CT molecular complexity index is 69.9. The second-order valence-corrected chi connectivity index (χ2v) is 2.67. The average molecular weight is 154 g/mol. The van der Waals surface area contributed by atoms with Gasteiger partial charge in [-0.25, -0.2) is 0 Å². The van der Waals surface area contributed by atoms with Crippen LogP contribution in [0.2, 0.25) is 0 Å². The van der Waals surface area contributed by atoms with Crippen molar-refractivity contribution in [1.29, 1.82) is 0 Å². The van der Waals surface area contributed by atoms with Gasteiger partial charge in [-0.05, 0) is 20.3 Å². The molecular formula is C6H16ClNO. The van der Waals surface area contributed by atoms with E-state index in [1.54, 1.807) is 13.8 Å². The van der Waals surface area contributed by atoms with Gasteiger partial charge in [0, 0.05) is 6.04 Å². The molecule has 58 valence electrons. The molecule has 0 rings (SSSR count). The molecule has 0 heterocycles. The third kappa shape index (κ3) is 4.70. The van der Waals surface area contributed by atoms with Crippen molar-refractivity contribution in [2.75, 3.05) is 0 Å². The average Bonchev–Trinajstić information content (AvgIpc) is 1.62. The first-order chi connectivity index (χ1) is 3.48. The van der Waals surface area contributed by atoms with Crippen molar-refractivity contribution in [3.63, 3.8) is 0 Å². The van der Waals surface area contributed by atoms with E-state index in [9.17, 15) is 0 Å². The van der Waals surface area contributed by atoms with E-state index in [2.05, 4.69) is 0 Å². The minimum absolute atomic E-state index is 0. The Morgan fingerprint density at radius 2 is 1.89 bits per heavy atom. The van der Waals surface area contributed by atoms with Crippen LogP contribution < -0.4 is 5.73 Å². The molecule has 1 atom stereocenters. The number of rotatable bonds is 2. The molecule has 0 saturated heterocycles. The van der Waals surface area contributed by atoms with Crippen molar-refractivity contribution < 1.29 is 5.11 Å². The number of hydrogen-bond donors (Lipinski definition) is 2. The molecule has 2 nitrogen and oxygen atoms in total. The SMILES string of the molecule is CCC(N)C(C)(C)O.Cl. The van der Waals surface area contributed by atoms with Gasteiger partial charge in [-0.2, -0.15) is 0 Å². The van der Waals surface area contributed by atoms with Crippen LogP contribution in [0.1, 0.15) is 27.2 Å². The normalized spacial score (nSPS) is 14.3. The fourth-order valence-corrected chi connectivity index (χ4v) is 0.500. The highest BCUT2D eigenvalue weighted by molar-refractivity contribution is 5.85. The lowest BCUT2D eigenvalue weighted by Gasteiger charge is -2.23. The third-order valence-electron chi connectivity index (χ3n) is 1.35. The van der Waals surface area contributed by atoms with Gasteiger partial charge in [0.2, 0.25) is 0 Å². The maximum absolute atomic E-state index is 9.16. The maximum Gasteiger partial charge on any atom is 0.0741 e. The van der Waals surface area contributed by atoms with Gasteiger partial charge in [-0.3, -0.25) is 0 Å². The molecule has 0 aromatic rings. The van der Waals surface area contributed by atoms with Gasteiger partial charge in [-0.1, -0.05) is 6.92 Å². The number of aliphatic hydroxyl groups is 1. The van der Waals surface area contributed by atoms with Crippen LogP contribution in [0.4, 0.5) is 0 Å². The summed E-state index contributed by atoms with van der Waals surface area (Å²) in [5.74, 6) is 0. The molecular weight excluding hydrogens is 138 g/mol. The minimum atomic E-state index is -0.714. The quantitative estimate of drug-likeness (QED) is 0.620. The van der Waals surface area contributed by atoms with Crippen molar-refractivity contribution in [3.05, 3.63) is 0 Å². The summed E-state index contributed by atoms with van der Waals surface area (Å²) in [5, 5.41) is 9.16. The van der Waals surface area contributed by atoms with E-state index in [0.29, 0.717) is 0 Å². The molecule has 0 aliphatic rings. The van der Waals surface area contributed by atoms with Crippen LogP contribution in [-0.4, -0.2) is 16.7 Å². The Hall–Kier alpha value is 0.210. The van der Waals surface area contributed by atoms with E-state index < -0.39 is 5.60 Å². The number of halogens is 1. The minimum Gasteiger partial charge on any atom is -0.389 e. The molecule has 0 aliphatic heterocycles. The van der Waals surface area contributed by atoms with Gasteiger partial charge in [-0.15, -0.1) is 12.4 Å². The maximum atomic E-state index is 9.16. The fourth-order valence-electron chi connectivity index (χ4n) is 0.500. The zero-order chi connectivity index (χ0) is 6.78. The summed E-state index contributed by atoms with van der Waals surface area (Å²) in [5.41, 5.74) is 4.79. The van der Waals surface area contributed by atoms with Gasteiger partial charge < -0.3 is 10.8 Å². The Balaban J connectivity index is 0. The summed E-state index contributed by atoms with van der Waals surface area (Å²) in [6, 6.07) is -0.0949. The highest BCUT2D eigenvalue weighted by Crippen LogP contribution is 2.07. The first kappa shape index (κ1) is 11.9. The standard InChI is InChI=1S/C6H15NO.ClH/c1-4-5(7)6(2,3)8;/h5,8H,4,7H2,1-3H3;1H. The van der Waals surface area contributed by atoms with E-state index in [1.807, 2.05) is 6.92 Å². The Morgan fingerprint density at radius 1 is 1.56 bits per heavy atom. The van der Waals surface area contributed by atoms with E-state index in [4.69, 9.17) is 10.8 Å². The Labute approximate surface area is 62.9 Å². The summed E-state index contributed by atoms with van der Waals surface area (Å²) in [4.78, 5) is 0. The molecule has 0 radical (unpaired) electrons.